The van der Waals surface area contributed by atoms with Gasteiger partial charge in [0.2, 0.25) is 5.13 Å². The normalized spacial score (nSPS) is 16.9. The predicted molar refractivity (Wildman–Crippen MR) is 115 cm³/mol. The van der Waals surface area contributed by atoms with Crippen molar-refractivity contribution in [3.63, 3.8) is 0 Å². The molecule has 0 saturated heterocycles. The zero-order chi connectivity index (χ0) is 19.0. The Kier molecular flexibility index (Phi) is 5.02. The van der Waals surface area contributed by atoms with Gasteiger partial charge in [-0.1, -0.05) is 61.8 Å². The van der Waals surface area contributed by atoms with Gasteiger partial charge in [-0.15, -0.1) is 11.3 Å². The van der Waals surface area contributed by atoms with Crippen molar-refractivity contribution in [1.29, 1.82) is 0 Å². The first-order chi connectivity index (χ1) is 13.0. The summed E-state index contributed by atoms with van der Waals surface area (Å²) in [6.45, 7) is 6.46. The van der Waals surface area contributed by atoms with Crippen LogP contribution in [0.1, 0.15) is 54.6 Å². The van der Waals surface area contributed by atoms with Gasteiger partial charge in [0.05, 0.1) is 17.4 Å². The number of hydrazone groups is 1. The van der Waals surface area contributed by atoms with Crippen LogP contribution in [0.4, 0.5) is 5.13 Å². The lowest BCUT2D eigenvalue weighted by Gasteiger charge is -2.21. The number of aryl methyl sites for hydroxylation is 1. The third-order valence-electron chi connectivity index (χ3n) is 4.88. The summed E-state index contributed by atoms with van der Waals surface area (Å²) in [6.07, 6.45) is 0.848. The molecule has 0 aliphatic carbocycles. The Morgan fingerprint density at radius 3 is 2.37 bits per heavy atom. The minimum atomic E-state index is 0.155. The number of anilines is 1. The summed E-state index contributed by atoms with van der Waals surface area (Å²) < 4.78 is 0. The fourth-order valence-corrected chi connectivity index (χ4v) is 4.24. The van der Waals surface area contributed by atoms with Gasteiger partial charge >= 0.3 is 0 Å². The highest BCUT2D eigenvalue weighted by atomic mass is 35.5. The SMILES string of the molecule is Cc1csc(N2N=C(c3ccc(Cl)cc3)CC2c2ccc(C(C)C)cc2)n1. The first-order valence-corrected chi connectivity index (χ1v) is 10.4. The molecule has 3 nitrogen and oxygen atoms in total. The van der Waals surface area contributed by atoms with E-state index in [9.17, 15) is 0 Å². The molecule has 0 spiro atoms. The number of aromatic nitrogens is 1. The number of hydrogen-bond donors (Lipinski definition) is 0. The molecule has 1 atom stereocenters. The zero-order valence-corrected chi connectivity index (χ0v) is 17.3. The molecule has 0 saturated carbocycles. The van der Waals surface area contributed by atoms with Gasteiger partial charge in [-0.2, -0.15) is 5.10 Å². The van der Waals surface area contributed by atoms with E-state index in [1.54, 1.807) is 11.3 Å². The maximum absolute atomic E-state index is 6.05. The van der Waals surface area contributed by atoms with E-state index in [0.717, 1.165) is 33.5 Å². The molecular weight excluding hydrogens is 374 g/mol. The number of thiazole rings is 1. The Bertz CT molecular complexity index is 958. The van der Waals surface area contributed by atoms with Gasteiger partial charge in [0.25, 0.3) is 0 Å². The third-order valence-corrected chi connectivity index (χ3v) is 6.08. The first-order valence-electron chi connectivity index (χ1n) is 9.16. The first kappa shape index (κ1) is 18.2. The highest BCUT2D eigenvalue weighted by Gasteiger charge is 2.31. The number of hydrogen-bond acceptors (Lipinski definition) is 4. The van der Waals surface area contributed by atoms with Crippen molar-refractivity contribution >= 4 is 33.8 Å². The fraction of sp³-hybridized carbons (Fsp3) is 0.273. The Balaban J connectivity index is 1.70. The fourth-order valence-electron chi connectivity index (χ4n) is 3.31. The summed E-state index contributed by atoms with van der Waals surface area (Å²) in [7, 11) is 0. The molecule has 1 aliphatic rings. The summed E-state index contributed by atoms with van der Waals surface area (Å²) in [5.74, 6) is 0.529. The molecule has 3 aromatic rings. The van der Waals surface area contributed by atoms with E-state index in [1.165, 1.54) is 11.1 Å². The summed E-state index contributed by atoms with van der Waals surface area (Å²) in [5.41, 5.74) is 5.82. The quantitative estimate of drug-likeness (QED) is 0.498. The van der Waals surface area contributed by atoms with Crippen LogP contribution in [0.15, 0.2) is 59.0 Å². The molecule has 2 heterocycles. The van der Waals surface area contributed by atoms with Crippen LogP contribution in [-0.2, 0) is 0 Å². The van der Waals surface area contributed by atoms with Crippen molar-refractivity contribution in [3.8, 4) is 0 Å². The number of halogens is 1. The maximum atomic E-state index is 6.05. The van der Waals surface area contributed by atoms with Crippen LogP contribution in [0.2, 0.25) is 5.02 Å². The van der Waals surface area contributed by atoms with Gasteiger partial charge < -0.3 is 0 Å². The van der Waals surface area contributed by atoms with Gasteiger partial charge in [-0.25, -0.2) is 9.99 Å². The topological polar surface area (TPSA) is 28.5 Å². The molecule has 5 heteroatoms. The summed E-state index contributed by atoms with van der Waals surface area (Å²) >= 11 is 7.69. The molecule has 1 unspecified atom stereocenters. The second-order valence-electron chi connectivity index (χ2n) is 7.21. The standard InChI is InChI=1S/C22H22ClN3S/c1-14(2)16-4-6-18(7-5-16)21-12-20(17-8-10-19(23)11-9-17)25-26(21)22-24-15(3)13-27-22/h4-11,13-14,21H,12H2,1-3H3. The largest absolute Gasteiger partial charge is 0.231 e. The van der Waals surface area contributed by atoms with Crippen LogP contribution >= 0.6 is 22.9 Å². The minimum Gasteiger partial charge on any atom is -0.231 e. The summed E-state index contributed by atoms with van der Waals surface area (Å²) in [4.78, 5) is 4.67. The van der Waals surface area contributed by atoms with E-state index < -0.39 is 0 Å². The van der Waals surface area contributed by atoms with Crippen molar-refractivity contribution < 1.29 is 0 Å². The van der Waals surface area contributed by atoms with E-state index in [1.807, 2.05) is 31.2 Å². The van der Waals surface area contributed by atoms with Gasteiger partial charge in [0.1, 0.15) is 0 Å². The van der Waals surface area contributed by atoms with Crippen LogP contribution in [-0.4, -0.2) is 10.7 Å². The molecule has 1 aromatic heterocycles. The van der Waals surface area contributed by atoms with E-state index >= 15 is 0 Å². The third kappa shape index (κ3) is 3.78. The predicted octanol–water partition coefficient (Wildman–Crippen LogP) is 6.58. The Hall–Kier alpha value is -2.17. The van der Waals surface area contributed by atoms with Crippen molar-refractivity contribution in [2.75, 3.05) is 5.01 Å². The average Bonchev–Trinajstić information content (AvgIpc) is 3.29. The number of benzene rings is 2. The van der Waals surface area contributed by atoms with Crippen LogP contribution in [0.5, 0.6) is 0 Å². The lowest BCUT2D eigenvalue weighted by molar-refractivity contribution is 0.704. The molecule has 138 valence electrons. The zero-order valence-electron chi connectivity index (χ0n) is 15.7. The van der Waals surface area contributed by atoms with Crippen molar-refractivity contribution in [3.05, 3.63) is 81.3 Å². The smallest absolute Gasteiger partial charge is 0.206 e. The van der Waals surface area contributed by atoms with Crippen LogP contribution in [0.3, 0.4) is 0 Å². The highest BCUT2D eigenvalue weighted by Crippen LogP contribution is 2.38. The molecule has 4 rings (SSSR count). The maximum Gasteiger partial charge on any atom is 0.206 e. The summed E-state index contributed by atoms with van der Waals surface area (Å²) in [5, 5.41) is 10.8. The van der Waals surface area contributed by atoms with E-state index in [4.69, 9.17) is 16.7 Å². The number of rotatable bonds is 4. The van der Waals surface area contributed by atoms with Crippen LogP contribution in [0, 0.1) is 6.92 Å². The van der Waals surface area contributed by atoms with Gasteiger partial charge in [0.15, 0.2) is 0 Å². The van der Waals surface area contributed by atoms with E-state index in [2.05, 4.69) is 53.5 Å². The molecule has 27 heavy (non-hydrogen) atoms. The van der Waals surface area contributed by atoms with Crippen molar-refractivity contribution in [2.24, 2.45) is 5.10 Å². The molecule has 1 aliphatic heterocycles. The molecule has 0 bridgehead atoms. The summed E-state index contributed by atoms with van der Waals surface area (Å²) in [6, 6.07) is 17.0. The van der Waals surface area contributed by atoms with Crippen LogP contribution in [0.25, 0.3) is 0 Å². The van der Waals surface area contributed by atoms with Crippen molar-refractivity contribution in [2.45, 2.75) is 39.2 Å². The van der Waals surface area contributed by atoms with E-state index in [-0.39, 0.29) is 6.04 Å². The van der Waals surface area contributed by atoms with Gasteiger partial charge in [-0.3, -0.25) is 0 Å². The molecule has 0 fully saturated rings. The highest BCUT2D eigenvalue weighted by molar-refractivity contribution is 7.13. The number of nitrogens with zero attached hydrogens (tertiary/aromatic N) is 3. The minimum absolute atomic E-state index is 0.155. The van der Waals surface area contributed by atoms with Crippen LogP contribution < -0.4 is 5.01 Å². The Morgan fingerprint density at radius 2 is 1.78 bits per heavy atom. The molecule has 0 radical (unpaired) electrons. The lowest BCUT2D eigenvalue weighted by Crippen LogP contribution is -2.18. The van der Waals surface area contributed by atoms with E-state index in [0.29, 0.717) is 5.92 Å². The molecular formula is C22H22ClN3S. The average molecular weight is 396 g/mol. The monoisotopic (exact) mass is 395 g/mol. The lowest BCUT2D eigenvalue weighted by atomic mass is 9.95. The second kappa shape index (κ2) is 7.45. The molecule has 0 N–H and O–H groups in total. The van der Waals surface area contributed by atoms with Gasteiger partial charge in [0, 0.05) is 16.8 Å². The van der Waals surface area contributed by atoms with Crippen molar-refractivity contribution in [1.82, 2.24) is 4.98 Å². The molecule has 0 amide bonds. The Morgan fingerprint density at radius 1 is 1.07 bits per heavy atom. The van der Waals surface area contributed by atoms with Gasteiger partial charge in [-0.05, 0) is 41.7 Å². The Labute approximate surface area is 169 Å². The molecule has 2 aromatic carbocycles. The second-order valence-corrected chi connectivity index (χ2v) is 8.48.